The molecule has 0 unspecified atom stereocenters. The van der Waals surface area contributed by atoms with Crippen molar-refractivity contribution in [2.24, 2.45) is 33.7 Å². The zero-order valence-corrected chi connectivity index (χ0v) is 24.3. The number of hydrogen-bond donors (Lipinski definition) is 5. The van der Waals surface area contributed by atoms with Crippen LogP contribution in [-0.4, -0.2) is 74.8 Å². The van der Waals surface area contributed by atoms with Gasteiger partial charge in [-0.05, 0) is 79.8 Å². The van der Waals surface area contributed by atoms with Crippen molar-refractivity contribution in [3.63, 3.8) is 0 Å². The second kappa shape index (κ2) is 11.5. The molecule has 1 amide bonds. The lowest BCUT2D eigenvalue weighted by Crippen LogP contribution is -2.62. The minimum absolute atomic E-state index is 0.0204. The fourth-order valence-electron chi connectivity index (χ4n) is 8.82. The van der Waals surface area contributed by atoms with Crippen molar-refractivity contribution >= 4 is 23.4 Å². The first-order valence-electron chi connectivity index (χ1n) is 14.9. The molecule has 0 bridgehead atoms. The van der Waals surface area contributed by atoms with Gasteiger partial charge in [0.1, 0.15) is 18.2 Å². The summed E-state index contributed by atoms with van der Waals surface area (Å²) in [4.78, 5) is 42.0. The number of rotatable bonds is 9. The quantitative estimate of drug-likeness (QED) is 0.277. The molecule has 5 N–H and O–H groups in total. The Morgan fingerprint density at radius 3 is 2.55 bits per heavy atom. The summed E-state index contributed by atoms with van der Waals surface area (Å²) in [6.07, 6.45) is 5.74. The van der Waals surface area contributed by atoms with Gasteiger partial charge in [-0.2, -0.15) is 0 Å². The number of amides is 1. The number of nitrogens with one attached hydrogen (secondary N) is 1. The number of aliphatic hydroxyl groups excluding tert-OH is 2. The van der Waals surface area contributed by atoms with E-state index in [1.807, 2.05) is 31.2 Å². The second-order valence-corrected chi connectivity index (χ2v) is 13.1. The van der Waals surface area contributed by atoms with Crippen LogP contribution in [0.15, 0.2) is 47.1 Å². The molecule has 4 aliphatic carbocycles. The maximum Gasteiger partial charge on any atom is 0.326 e. The molecule has 0 aliphatic heterocycles. The van der Waals surface area contributed by atoms with Crippen LogP contribution in [0.4, 0.5) is 0 Å². The van der Waals surface area contributed by atoms with Crippen LogP contribution in [-0.2, 0) is 25.6 Å². The number of carbonyl (C=O) groups excluding carboxylic acids is 2. The van der Waals surface area contributed by atoms with Crippen molar-refractivity contribution in [2.45, 2.75) is 83.0 Å². The molecule has 10 nitrogen and oxygen atoms in total. The Balaban J connectivity index is 1.23. The number of nitrogens with zero attached hydrogens (tertiary/aromatic N) is 1. The zero-order valence-electron chi connectivity index (χ0n) is 24.3. The van der Waals surface area contributed by atoms with Crippen LogP contribution in [0.1, 0.15) is 64.4 Å². The molecule has 5 rings (SSSR count). The average molecular weight is 583 g/mol. The largest absolute Gasteiger partial charge is 0.480 e. The second-order valence-electron chi connectivity index (χ2n) is 13.1. The number of allylic oxidation sites excluding steroid dienone is 2. The molecule has 3 fully saturated rings. The van der Waals surface area contributed by atoms with E-state index in [0.717, 1.165) is 24.8 Å². The molecule has 0 aromatic heterocycles. The third-order valence-corrected chi connectivity index (χ3v) is 11.0. The number of oxime groups is 1. The SMILES string of the molecule is C[C@]12CC/C(=N\OCC(=O)N[C@@H](Cc3ccccc3)C(=O)O)C=C1CC[C@H]1[C@H]2[C@@H](O)C[C@@]2(C)[C@H]1CC[C@]2(O)C(=O)CO. The lowest BCUT2D eigenvalue weighted by molar-refractivity contribution is -0.181. The molecule has 0 radical (unpaired) electrons. The predicted molar refractivity (Wildman–Crippen MR) is 153 cm³/mol. The van der Waals surface area contributed by atoms with Crippen LogP contribution in [0.2, 0.25) is 0 Å². The Morgan fingerprint density at radius 2 is 1.86 bits per heavy atom. The van der Waals surface area contributed by atoms with Crippen molar-refractivity contribution in [2.75, 3.05) is 13.2 Å². The number of ketones is 1. The number of carboxylic acids is 1. The van der Waals surface area contributed by atoms with Crippen LogP contribution in [0.25, 0.3) is 0 Å². The van der Waals surface area contributed by atoms with Gasteiger partial charge in [-0.15, -0.1) is 0 Å². The monoisotopic (exact) mass is 582 g/mol. The van der Waals surface area contributed by atoms with Crippen molar-refractivity contribution in [3.05, 3.63) is 47.5 Å². The highest BCUT2D eigenvalue weighted by Crippen LogP contribution is 2.67. The lowest BCUT2D eigenvalue weighted by Gasteiger charge is -2.60. The topological polar surface area (TPSA) is 166 Å². The summed E-state index contributed by atoms with van der Waals surface area (Å²) in [5.41, 5.74) is 0.0184. The van der Waals surface area contributed by atoms with E-state index in [2.05, 4.69) is 17.4 Å². The van der Waals surface area contributed by atoms with Gasteiger partial charge < -0.3 is 30.6 Å². The molecule has 0 saturated heterocycles. The summed E-state index contributed by atoms with van der Waals surface area (Å²) in [6.45, 7) is 2.99. The van der Waals surface area contributed by atoms with E-state index in [1.165, 1.54) is 5.57 Å². The van der Waals surface area contributed by atoms with Gasteiger partial charge in [0.15, 0.2) is 12.4 Å². The molecule has 228 valence electrons. The van der Waals surface area contributed by atoms with E-state index in [0.29, 0.717) is 31.4 Å². The molecule has 4 aliphatic rings. The molecule has 0 spiro atoms. The van der Waals surface area contributed by atoms with E-state index >= 15 is 0 Å². The zero-order chi connectivity index (χ0) is 30.3. The minimum atomic E-state index is -1.61. The van der Waals surface area contributed by atoms with Gasteiger partial charge >= 0.3 is 5.97 Å². The van der Waals surface area contributed by atoms with Crippen molar-refractivity contribution in [1.29, 1.82) is 0 Å². The number of hydrogen-bond acceptors (Lipinski definition) is 8. The van der Waals surface area contributed by atoms with Gasteiger partial charge in [0, 0.05) is 11.8 Å². The van der Waals surface area contributed by atoms with Gasteiger partial charge in [-0.3, -0.25) is 9.59 Å². The van der Waals surface area contributed by atoms with Crippen LogP contribution in [0.5, 0.6) is 0 Å². The Bertz CT molecular complexity index is 1280. The number of Topliss-reactive ketones (excluding diaryl/α,β-unsaturated/α-hetero) is 1. The Kier molecular flexibility index (Phi) is 8.35. The van der Waals surface area contributed by atoms with Gasteiger partial charge in [0.05, 0.1) is 11.8 Å². The van der Waals surface area contributed by atoms with Gasteiger partial charge in [-0.25, -0.2) is 4.79 Å². The number of aliphatic hydroxyl groups is 3. The van der Waals surface area contributed by atoms with Crippen molar-refractivity contribution in [1.82, 2.24) is 5.32 Å². The maximum atomic E-state index is 12.6. The summed E-state index contributed by atoms with van der Waals surface area (Å²) in [6, 6.07) is 7.99. The van der Waals surface area contributed by atoms with Crippen LogP contribution in [0.3, 0.4) is 0 Å². The molecule has 3 saturated carbocycles. The van der Waals surface area contributed by atoms with Crippen LogP contribution in [0, 0.1) is 28.6 Å². The van der Waals surface area contributed by atoms with E-state index in [4.69, 9.17) is 4.84 Å². The fourth-order valence-corrected chi connectivity index (χ4v) is 8.82. The molecule has 1 aromatic carbocycles. The van der Waals surface area contributed by atoms with Crippen LogP contribution >= 0.6 is 0 Å². The minimum Gasteiger partial charge on any atom is -0.480 e. The molecule has 8 atom stereocenters. The highest BCUT2D eigenvalue weighted by Gasteiger charge is 2.68. The predicted octanol–water partition coefficient (Wildman–Crippen LogP) is 2.40. The van der Waals surface area contributed by atoms with E-state index in [9.17, 15) is 34.8 Å². The Labute approximate surface area is 245 Å². The van der Waals surface area contributed by atoms with E-state index in [1.54, 1.807) is 12.1 Å². The third kappa shape index (κ3) is 5.18. The fraction of sp³-hybridized carbons (Fsp3) is 0.625. The summed E-state index contributed by atoms with van der Waals surface area (Å²) < 4.78 is 0. The molecule has 10 heteroatoms. The number of carboxylic acid groups (broad SMARTS) is 1. The van der Waals surface area contributed by atoms with Gasteiger partial charge in [0.25, 0.3) is 5.91 Å². The highest BCUT2D eigenvalue weighted by molar-refractivity contribution is 5.96. The average Bonchev–Trinajstić information content (AvgIpc) is 3.23. The maximum absolute atomic E-state index is 12.6. The number of carbonyl (C=O) groups is 3. The number of benzene rings is 1. The number of aliphatic carboxylic acids is 1. The van der Waals surface area contributed by atoms with E-state index < -0.39 is 54.0 Å². The first-order valence-corrected chi connectivity index (χ1v) is 14.9. The summed E-state index contributed by atoms with van der Waals surface area (Å²) in [5, 5.41) is 48.7. The Hall–Kier alpha value is -3.08. The number of fused-ring (bicyclic) bond motifs is 5. The van der Waals surface area contributed by atoms with E-state index in [-0.39, 0.29) is 29.6 Å². The smallest absolute Gasteiger partial charge is 0.326 e. The standard InChI is InChI=1S/C32H42N2O8/c1-30-12-10-21(34-42-18-27(38)33-24(29(39)40)14-19-6-4-3-5-7-19)15-20(30)8-9-22-23-11-13-32(41,26(37)17-35)31(23,2)16-25(36)28(22)30/h3-7,15,22-25,28,35-36,41H,8-14,16-18H2,1-2H3,(H,33,38)(H,39,40)/b34-21+/t22-,23+,24+,25+,28+,30+,31+,32+/m1/s1. The molecule has 1 aromatic rings. The molecular weight excluding hydrogens is 540 g/mol. The highest BCUT2D eigenvalue weighted by atomic mass is 16.6. The molecular formula is C32H42N2O8. The van der Waals surface area contributed by atoms with Crippen molar-refractivity contribution in [3.8, 4) is 0 Å². The summed E-state index contributed by atoms with van der Waals surface area (Å²) in [7, 11) is 0. The summed E-state index contributed by atoms with van der Waals surface area (Å²) >= 11 is 0. The van der Waals surface area contributed by atoms with Crippen LogP contribution < -0.4 is 5.32 Å². The molecule has 0 heterocycles. The third-order valence-electron chi connectivity index (χ3n) is 11.0. The Morgan fingerprint density at radius 1 is 1.12 bits per heavy atom. The first-order chi connectivity index (χ1) is 19.9. The van der Waals surface area contributed by atoms with Gasteiger partial charge in [-0.1, -0.05) is 54.9 Å². The first kappa shape index (κ1) is 30.4. The van der Waals surface area contributed by atoms with Gasteiger partial charge in [0.2, 0.25) is 0 Å². The van der Waals surface area contributed by atoms with Crippen molar-refractivity contribution < 1.29 is 39.6 Å². The normalized spacial score (nSPS) is 37.1. The summed E-state index contributed by atoms with van der Waals surface area (Å²) in [5.74, 6) is -2.04. The molecule has 42 heavy (non-hydrogen) atoms. The lowest BCUT2D eigenvalue weighted by atomic mass is 9.45.